The molecule has 1 aromatic rings. The summed E-state index contributed by atoms with van der Waals surface area (Å²) in [5, 5.41) is 6.68. The van der Waals surface area contributed by atoms with E-state index in [2.05, 4.69) is 10.2 Å². The second-order valence-corrected chi connectivity index (χ2v) is 4.49. The largest absolute Gasteiger partial charge is 0.341 e. The fourth-order valence-electron chi connectivity index (χ4n) is 1.96. The lowest BCUT2D eigenvalue weighted by Crippen LogP contribution is -2.37. The van der Waals surface area contributed by atoms with Gasteiger partial charge < -0.3 is 4.90 Å². The number of carbonyl (C=O) groups is 1. The summed E-state index contributed by atoms with van der Waals surface area (Å²) >= 11 is 5.07. The molecule has 0 bridgehead atoms. The van der Waals surface area contributed by atoms with Crippen molar-refractivity contribution in [3.63, 3.8) is 0 Å². The Kier molecular flexibility index (Phi) is 3.38. The number of nitrogens with zero attached hydrogens (tertiary/aromatic N) is 3. The Morgan fingerprint density at radius 1 is 1.44 bits per heavy atom. The standard InChI is InChI=1S/C10H16N4OS/c1-8-11-12-10(16)14(8)7-9(15)13-5-3-2-4-6-13/h2-7H2,1H3,(H,12,16). The zero-order valence-corrected chi connectivity index (χ0v) is 10.2. The summed E-state index contributed by atoms with van der Waals surface area (Å²) < 4.78 is 2.26. The molecule has 88 valence electrons. The summed E-state index contributed by atoms with van der Waals surface area (Å²) in [6, 6.07) is 0. The van der Waals surface area contributed by atoms with E-state index in [1.165, 1.54) is 6.42 Å². The third-order valence-electron chi connectivity index (χ3n) is 2.95. The van der Waals surface area contributed by atoms with Crippen molar-refractivity contribution in [2.75, 3.05) is 13.1 Å². The highest BCUT2D eigenvalue weighted by Crippen LogP contribution is 2.09. The fourth-order valence-corrected chi connectivity index (χ4v) is 2.20. The van der Waals surface area contributed by atoms with E-state index in [1.54, 1.807) is 4.57 Å². The second kappa shape index (κ2) is 4.78. The molecule has 1 aliphatic rings. The molecule has 0 aliphatic carbocycles. The number of aromatic nitrogens is 3. The molecule has 0 atom stereocenters. The molecule has 1 aliphatic heterocycles. The van der Waals surface area contributed by atoms with Gasteiger partial charge >= 0.3 is 0 Å². The molecule has 0 spiro atoms. The van der Waals surface area contributed by atoms with Crippen molar-refractivity contribution in [1.82, 2.24) is 19.7 Å². The van der Waals surface area contributed by atoms with Crippen LogP contribution in [0.1, 0.15) is 25.1 Å². The summed E-state index contributed by atoms with van der Waals surface area (Å²) in [6.07, 6.45) is 3.46. The molecule has 1 aromatic heterocycles. The summed E-state index contributed by atoms with van der Waals surface area (Å²) in [6.45, 7) is 3.91. The van der Waals surface area contributed by atoms with Crippen LogP contribution in [0.15, 0.2) is 0 Å². The number of carbonyl (C=O) groups excluding carboxylic acids is 1. The Labute approximate surface area is 99.5 Å². The first-order valence-electron chi connectivity index (χ1n) is 5.58. The van der Waals surface area contributed by atoms with E-state index < -0.39 is 0 Å². The molecule has 6 heteroatoms. The highest BCUT2D eigenvalue weighted by atomic mass is 32.1. The van der Waals surface area contributed by atoms with Gasteiger partial charge in [0.15, 0.2) is 4.77 Å². The molecule has 1 N–H and O–H groups in total. The molecule has 0 unspecified atom stereocenters. The van der Waals surface area contributed by atoms with Gasteiger partial charge in [0.25, 0.3) is 0 Å². The van der Waals surface area contributed by atoms with Gasteiger partial charge in [-0.15, -0.1) is 0 Å². The number of hydrogen-bond donors (Lipinski definition) is 1. The van der Waals surface area contributed by atoms with Crippen LogP contribution >= 0.6 is 12.2 Å². The Bertz CT molecular complexity index is 430. The highest BCUT2D eigenvalue weighted by molar-refractivity contribution is 7.71. The topological polar surface area (TPSA) is 53.9 Å². The minimum absolute atomic E-state index is 0.139. The van der Waals surface area contributed by atoms with Gasteiger partial charge in [-0.3, -0.25) is 14.5 Å². The van der Waals surface area contributed by atoms with Gasteiger partial charge in [-0.05, 0) is 38.4 Å². The van der Waals surface area contributed by atoms with Crippen molar-refractivity contribution >= 4 is 18.1 Å². The first-order valence-corrected chi connectivity index (χ1v) is 5.99. The minimum atomic E-state index is 0.139. The molecule has 5 nitrogen and oxygen atoms in total. The quantitative estimate of drug-likeness (QED) is 0.792. The Hall–Kier alpha value is -1.17. The lowest BCUT2D eigenvalue weighted by molar-refractivity contribution is -0.132. The van der Waals surface area contributed by atoms with Crippen molar-refractivity contribution in [2.45, 2.75) is 32.7 Å². The van der Waals surface area contributed by atoms with Gasteiger partial charge in [-0.25, -0.2) is 0 Å². The van der Waals surface area contributed by atoms with Crippen molar-refractivity contribution in [3.8, 4) is 0 Å². The molecule has 1 fully saturated rings. The van der Waals surface area contributed by atoms with Crippen LogP contribution in [0.4, 0.5) is 0 Å². The van der Waals surface area contributed by atoms with Crippen molar-refractivity contribution in [3.05, 3.63) is 10.6 Å². The van der Waals surface area contributed by atoms with Gasteiger partial charge in [0.05, 0.1) is 0 Å². The molecule has 0 radical (unpaired) electrons. The molecule has 2 rings (SSSR count). The molecule has 0 saturated carbocycles. The zero-order valence-electron chi connectivity index (χ0n) is 9.40. The maximum Gasteiger partial charge on any atom is 0.242 e. The average molecular weight is 240 g/mol. The SMILES string of the molecule is Cc1n[nH]c(=S)n1CC(=O)N1CCCCC1. The van der Waals surface area contributed by atoms with Crippen LogP contribution in [0.5, 0.6) is 0 Å². The molecule has 1 amide bonds. The number of likely N-dealkylation sites (tertiary alicyclic amines) is 1. The lowest BCUT2D eigenvalue weighted by Gasteiger charge is -2.26. The minimum Gasteiger partial charge on any atom is -0.341 e. The van der Waals surface area contributed by atoms with Crippen molar-refractivity contribution < 1.29 is 4.79 Å². The van der Waals surface area contributed by atoms with Gasteiger partial charge in [0.2, 0.25) is 5.91 Å². The van der Waals surface area contributed by atoms with Crippen LogP contribution in [-0.4, -0.2) is 38.7 Å². The molecular weight excluding hydrogens is 224 g/mol. The van der Waals surface area contributed by atoms with Gasteiger partial charge in [-0.1, -0.05) is 0 Å². The number of aryl methyl sites for hydroxylation is 1. The van der Waals surface area contributed by atoms with E-state index in [4.69, 9.17) is 12.2 Å². The van der Waals surface area contributed by atoms with Crippen LogP contribution in [0, 0.1) is 11.7 Å². The third-order valence-corrected chi connectivity index (χ3v) is 3.26. The van der Waals surface area contributed by atoms with Crippen molar-refractivity contribution in [1.29, 1.82) is 0 Å². The number of rotatable bonds is 2. The molecule has 0 aromatic carbocycles. The van der Waals surface area contributed by atoms with Crippen LogP contribution in [0.3, 0.4) is 0 Å². The maximum atomic E-state index is 12.0. The predicted octanol–water partition coefficient (Wildman–Crippen LogP) is 1.26. The smallest absolute Gasteiger partial charge is 0.242 e. The summed E-state index contributed by atoms with van der Waals surface area (Å²) in [5.74, 6) is 0.899. The highest BCUT2D eigenvalue weighted by Gasteiger charge is 2.17. The third kappa shape index (κ3) is 2.32. The molecule has 16 heavy (non-hydrogen) atoms. The van der Waals surface area contributed by atoms with Crippen LogP contribution in [-0.2, 0) is 11.3 Å². The van der Waals surface area contributed by atoms with E-state index in [-0.39, 0.29) is 5.91 Å². The van der Waals surface area contributed by atoms with Gasteiger partial charge in [0.1, 0.15) is 12.4 Å². The maximum absolute atomic E-state index is 12.0. The Balaban J connectivity index is 2.04. The van der Waals surface area contributed by atoms with E-state index in [9.17, 15) is 4.79 Å². The number of aromatic amines is 1. The number of nitrogens with one attached hydrogen (secondary N) is 1. The van der Waals surface area contributed by atoms with E-state index in [0.717, 1.165) is 31.8 Å². The van der Waals surface area contributed by atoms with Gasteiger partial charge in [0, 0.05) is 13.1 Å². The van der Waals surface area contributed by atoms with Crippen LogP contribution in [0.2, 0.25) is 0 Å². The number of piperidine rings is 1. The normalized spacial score (nSPS) is 16.4. The Morgan fingerprint density at radius 3 is 2.69 bits per heavy atom. The first-order chi connectivity index (χ1) is 7.68. The number of hydrogen-bond acceptors (Lipinski definition) is 3. The predicted molar refractivity (Wildman–Crippen MR) is 62.6 cm³/mol. The average Bonchev–Trinajstić information content (AvgIpc) is 2.62. The second-order valence-electron chi connectivity index (χ2n) is 4.10. The summed E-state index contributed by atoms with van der Waals surface area (Å²) in [7, 11) is 0. The number of amides is 1. The van der Waals surface area contributed by atoms with Crippen LogP contribution < -0.4 is 0 Å². The lowest BCUT2D eigenvalue weighted by atomic mass is 10.1. The zero-order chi connectivity index (χ0) is 11.5. The number of H-pyrrole nitrogens is 1. The van der Waals surface area contributed by atoms with Crippen molar-refractivity contribution in [2.24, 2.45) is 0 Å². The summed E-state index contributed by atoms with van der Waals surface area (Å²) in [4.78, 5) is 13.9. The fraction of sp³-hybridized carbons (Fsp3) is 0.700. The van der Waals surface area contributed by atoms with E-state index >= 15 is 0 Å². The van der Waals surface area contributed by atoms with Gasteiger partial charge in [-0.2, -0.15) is 5.10 Å². The molecule has 1 saturated heterocycles. The summed E-state index contributed by atoms with van der Waals surface area (Å²) in [5.41, 5.74) is 0. The molecule has 2 heterocycles. The van der Waals surface area contributed by atoms with E-state index in [0.29, 0.717) is 11.3 Å². The Morgan fingerprint density at radius 2 is 2.12 bits per heavy atom. The monoisotopic (exact) mass is 240 g/mol. The molecular formula is C10H16N4OS. The first kappa shape index (κ1) is 11.3. The van der Waals surface area contributed by atoms with Crippen LogP contribution in [0.25, 0.3) is 0 Å². The van der Waals surface area contributed by atoms with E-state index in [1.807, 2.05) is 11.8 Å².